The van der Waals surface area contributed by atoms with Gasteiger partial charge in [0.2, 0.25) is 0 Å². The average molecular weight is 295 g/mol. The Balaban J connectivity index is 0.000000220. The minimum Gasteiger partial charge on any atom is -0.363 e. The molecule has 0 aromatic carbocycles. The highest BCUT2D eigenvalue weighted by atomic mass is 14.9. The maximum Gasteiger partial charge on any atom is 0.112 e. The maximum atomic E-state index is 5.24. The normalized spacial score (nSPS) is 11.1. The van der Waals surface area contributed by atoms with E-state index in [0.717, 1.165) is 17.1 Å². The molecule has 0 aliphatic rings. The number of rotatable bonds is 0. The Morgan fingerprint density at radius 3 is 1.91 bits per heavy atom. The van der Waals surface area contributed by atoms with Gasteiger partial charge in [0, 0.05) is 28.3 Å². The van der Waals surface area contributed by atoms with E-state index in [9.17, 15) is 0 Å². The van der Waals surface area contributed by atoms with Crippen LogP contribution in [0.3, 0.4) is 0 Å². The van der Waals surface area contributed by atoms with E-state index in [1.54, 1.807) is 6.20 Å². The van der Waals surface area contributed by atoms with Gasteiger partial charge in [0.05, 0.1) is 6.20 Å². The van der Waals surface area contributed by atoms with Crippen LogP contribution in [-0.4, -0.2) is 15.0 Å². The van der Waals surface area contributed by atoms with Crippen LogP contribution in [0.25, 0.3) is 0 Å². The molecule has 2 aromatic heterocycles. The van der Waals surface area contributed by atoms with Gasteiger partial charge < -0.3 is 9.97 Å². The monoisotopic (exact) mass is 295 g/mol. The lowest BCUT2D eigenvalue weighted by molar-refractivity contribution is 0.552. The lowest BCUT2D eigenvalue weighted by Crippen LogP contribution is -2.13. The largest absolute Gasteiger partial charge is 0.363 e. The molecule has 0 fully saturated rings. The average Bonchev–Trinajstić information content (AvgIpc) is 3.07. The number of terminal acetylenes is 2. The van der Waals surface area contributed by atoms with Gasteiger partial charge in [-0.2, -0.15) is 0 Å². The van der Waals surface area contributed by atoms with Gasteiger partial charge in [0.25, 0.3) is 0 Å². The van der Waals surface area contributed by atoms with Gasteiger partial charge >= 0.3 is 0 Å². The van der Waals surface area contributed by atoms with Crippen LogP contribution in [0, 0.1) is 24.7 Å². The Morgan fingerprint density at radius 1 is 1.00 bits per heavy atom. The maximum absolute atomic E-state index is 5.24. The van der Waals surface area contributed by atoms with Crippen molar-refractivity contribution in [1.29, 1.82) is 0 Å². The minimum atomic E-state index is 0.0507. The molecule has 0 saturated carbocycles. The summed E-state index contributed by atoms with van der Waals surface area (Å²) in [7, 11) is 0. The smallest absolute Gasteiger partial charge is 0.112 e. The zero-order chi connectivity index (χ0) is 17.0. The summed E-state index contributed by atoms with van der Waals surface area (Å²) in [4.78, 5) is 10.4. The molecular weight excluding hydrogens is 270 g/mol. The number of aromatic amines is 2. The molecule has 0 aliphatic heterocycles. The summed E-state index contributed by atoms with van der Waals surface area (Å²) in [6.45, 7) is 12.7. The van der Waals surface area contributed by atoms with Crippen molar-refractivity contribution in [3.63, 3.8) is 0 Å². The molecule has 2 heterocycles. The number of nitrogens with zero attached hydrogens (tertiary/aromatic N) is 1. The van der Waals surface area contributed by atoms with Crippen molar-refractivity contribution in [3.05, 3.63) is 41.2 Å². The fourth-order valence-corrected chi connectivity index (χ4v) is 1.69. The lowest BCUT2D eigenvalue weighted by atomic mass is 9.92. The summed E-state index contributed by atoms with van der Waals surface area (Å²) in [5.41, 5.74) is 3.07. The fourth-order valence-electron chi connectivity index (χ4n) is 1.69. The molecule has 0 radical (unpaired) electrons. The number of imidazole rings is 1. The van der Waals surface area contributed by atoms with Crippen molar-refractivity contribution in [1.82, 2.24) is 15.0 Å². The molecule has 0 atom stereocenters. The Hall–Kier alpha value is -2.39. The van der Waals surface area contributed by atoms with Crippen LogP contribution in [0.5, 0.6) is 0 Å². The van der Waals surface area contributed by atoms with E-state index in [1.807, 2.05) is 12.3 Å². The van der Waals surface area contributed by atoms with Crippen molar-refractivity contribution in [2.75, 3.05) is 0 Å². The molecule has 2 rings (SSSR count). The molecule has 22 heavy (non-hydrogen) atoms. The van der Waals surface area contributed by atoms with Gasteiger partial charge in [-0.15, -0.1) is 12.8 Å². The van der Waals surface area contributed by atoms with Gasteiger partial charge in [-0.1, -0.05) is 53.4 Å². The van der Waals surface area contributed by atoms with Crippen molar-refractivity contribution in [2.45, 2.75) is 52.4 Å². The molecule has 0 saturated heterocycles. The quantitative estimate of drug-likeness (QED) is 0.709. The van der Waals surface area contributed by atoms with Crippen LogP contribution < -0.4 is 0 Å². The fraction of sp³-hybridized carbons (Fsp3) is 0.421. The molecule has 0 amide bonds. The predicted molar refractivity (Wildman–Crippen MR) is 92.7 cm³/mol. The van der Waals surface area contributed by atoms with Gasteiger partial charge in [0.15, 0.2) is 0 Å². The first kappa shape index (κ1) is 17.7. The molecule has 0 unspecified atom stereocenters. The van der Waals surface area contributed by atoms with Crippen LogP contribution >= 0.6 is 0 Å². The third-order valence-electron chi connectivity index (χ3n) is 3.10. The molecule has 3 nitrogen and oxygen atoms in total. The van der Waals surface area contributed by atoms with E-state index in [4.69, 9.17) is 12.8 Å². The van der Waals surface area contributed by atoms with Crippen LogP contribution in [0.2, 0.25) is 0 Å². The Morgan fingerprint density at radius 2 is 1.64 bits per heavy atom. The molecule has 0 spiro atoms. The van der Waals surface area contributed by atoms with Gasteiger partial charge in [0.1, 0.15) is 11.5 Å². The SMILES string of the molecule is C#Cc1c[nH]c(C(C)(C)C)c1.C#Cc1cnc(C(C)(C)C)[nH]1. The number of hydrogen-bond donors (Lipinski definition) is 2. The van der Waals surface area contributed by atoms with E-state index < -0.39 is 0 Å². The second-order valence-electron chi connectivity index (χ2n) is 7.24. The predicted octanol–water partition coefficient (Wildman–Crippen LogP) is 3.98. The van der Waals surface area contributed by atoms with Crippen LogP contribution in [0.15, 0.2) is 18.5 Å². The molecule has 2 aromatic rings. The highest BCUT2D eigenvalue weighted by Gasteiger charge is 2.16. The Bertz CT molecular complexity index is 626. The van der Waals surface area contributed by atoms with E-state index in [1.165, 1.54) is 5.69 Å². The third kappa shape index (κ3) is 4.86. The molecule has 2 N–H and O–H groups in total. The van der Waals surface area contributed by atoms with Crippen molar-refractivity contribution in [2.24, 2.45) is 0 Å². The first-order chi connectivity index (χ1) is 10.1. The minimum absolute atomic E-state index is 0.0507. The topological polar surface area (TPSA) is 44.5 Å². The number of hydrogen-bond acceptors (Lipinski definition) is 1. The number of nitrogens with one attached hydrogen (secondary N) is 2. The van der Waals surface area contributed by atoms with Gasteiger partial charge in [-0.25, -0.2) is 4.98 Å². The third-order valence-corrected chi connectivity index (χ3v) is 3.10. The second-order valence-corrected chi connectivity index (χ2v) is 7.24. The van der Waals surface area contributed by atoms with Gasteiger partial charge in [-0.3, -0.25) is 0 Å². The van der Waals surface area contributed by atoms with Crippen molar-refractivity contribution >= 4 is 0 Å². The molecule has 116 valence electrons. The second kappa shape index (κ2) is 6.58. The standard InChI is InChI=1S/C10H13N.C9H12N2/c1-5-8-6-9(11-7-8)10(2,3)4;1-5-7-6-10-8(11-7)9(2,3)4/h1,6-7,11H,2-4H3;1,6H,2-4H3,(H,10,11). The van der Waals surface area contributed by atoms with Crippen molar-refractivity contribution < 1.29 is 0 Å². The first-order valence-electron chi connectivity index (χ1n) is 7.25. The summed E-state index contributed by atoms with van der Waals surface area (Å²) >= 11 is 0. The van der Waals surface area contributed by atoms with Crippen LogP contribution in [0.4, 0.5) is 0 Å². The Kier molecular flexibility index (Phi) is 5.28. The Labute approximate surface area is 134 Å². The summed E-state index contributed by atoms with van der Waals surface area (Å²) in [5.74, 6) is 6.03. The number of aromatic nitrogens is 3. The van der Waals surface area contributed by atoms with Crippen molar-refractivity contribution in [3.8, 4) is 24.7 Å². The summed E-state index contributed by atoms with van der Waals surface area (Å²) in [5, 5.41) is 0. The highest BCUT2D eigenvalue weighted by Crippen LogP contribution is 2.21. The van der Waals surface area contributed by atoms with E-state index in [0.29, 0.717) is 0 Å². The number of H-pyrrole nitrogens is 2. The lowest BCUT2D eigenvalue weighted by Gasteiger charge is -2.15. The molecule has 0 aliphatic carbocycles. The van der Waals surface area contributed by atoms with E-state index in [-0.39, 0.29) is 10.8 Å². The first-order valence-corrected chi connectivity index (χ1v) is 7.25. The summed E-state index contributed by atoms with van der Waals surface area (Å²) in [6.07, 6.45) is 14.0. The molecule has 3 heteroatoms. The van der Waals surface area contributed by atoms with E-state index >= 15 is 0 Å². The van der Waals surface area contributed by atoms with Crippen LogP contribution in [-0.2, 0) is 10.8 Å². The zero-order valence-corrected chi connectivity index (χ0v) is 14.3. The van der Waals surface area contributed by atoms with Gasteiger partial charge in [-0.05, 0) is 6.07 Å². The molecular formula is C19H25N3. The zero-order valence-electron chi connectivity index (χ0n) is 14.3. The summed E-state index contributed by atoms with van der Waals surface area (Å²) in [6, 6.07) is 2.01. The summed E-state index contributed by atoms with van der Waals surface area (Å²) < 4.78 is 0. The van der Waals surface area contributed by atoms with Crippen LogP contribution in [0.1, 0.15) is 64.3 Å². The molecule has 0 bridgehead atoms. The van der Waals surface area contributed by atoms with E-state index in [2.05, 4.69) is 68.3 Å². The highest BCUT2D eigenvalue weighted by molar-refractivity contribution is 5.34.